The summed E-state index contributed by atoms with van der Waals surface area (Å²) in [6, 6.07) is 0. The predicted molar refractivity (Wildman–Crippen MR) is 114 cm³/mol. The van der Waals surface area contributed by atoms with Crippen molar-refractivity contribution in [3.8, 4) is 0 Å². The molecule has 2 unspecified atom stereocenters. The molecular weight excluding hydrogens is 302 g/mol. The van der Waals surface area contributed by atoms with Gasteiger partial charge in [-0.3, -0.25) is 0 Å². The van der Waals surface area contributed by atoms with E-state index in [1.165, 1.54) is 77.0 Å². The summed E-state index contributed by atoms with van der Waals surface area (Å²) in [6.45, 7) is 9.35. The average molecular weight is 348 g/mol. The van der Waals surface area contributed by atoms with E-state index in [2.05, 4.69) is 52.0 Å². The van der Waals surface area contributed by atoms with Crippen molar-refractivity contribution in [2.75, 3.05) is 0 Å². The van der Waals surface area contributed by atoms with E-state index in [1.54, 1.807) is 0 Å². The Labute approximate surface area is 158 Å². The van der Waals surface area contributed by atoms with Gasteiger partial charge in [-0.05, 0) is 25.2 Å². The maximum atomic E-state index is 7.32. The van der Waals surface area contributed by atoms with Crippen LogP contribution in [0.5, 0.6) is 0 Å². The van der Waals surface area contributed by atoms with Crippen molar-refractivity contribution in [1.82, 2.24) is 0 Å². The second kappa shape index (κ2) is 11.9. The van der Waals surface area contributed by atoms with Crippen LogP contribution in [-0.4, -0.2) is 5.54 Å². The molecule has 0 saturated carbocycles. The lowest BCUT2D eigenvalue weighted by Gasteiger charge is -2.52. The fourth-order valence-corrected chi connectivity index (χ4v) is 4.88. The van der Waals surface area contributed by atoms with Crippen LogP contribution in [0.2, 0.25) is 0 Å². The predicted octanol–water partition coefficient (Wildman–Crippen LogP) is 7.56. The zero-order valence-corrected chi connectivity index (χ0v) is 17.7. The van der Waals surface area contributed by atoms with Gasteiger partial charge >= 0.3 is 0 Å². The third kappa shape index (κ3) is 6.27. The Bertz CT molecular complexity index is 383. The Balaban J connectivity index is 2.96. The van der Waals surface area contributed by atoms with Crippen molar-refractivity contribution < 1.29 is 0 Å². The molecule has 0 aromatic carbocycles. The number of hydrogen-bond donors (Lipinski definition) is 1. The molecule has 0 saturated heterocycles. The lowest BCUT2D eigenvalue weighted by atomic mass is 9.56. The summed E-state index contributed by atoms with van der Waals surface area (Å²) >= 11 is 0. The van der Waals surface area contributed by atoms with E-state index in [9.17, 15) is 0 Å². The van der Waals surface area contributed by atoms with Crippen LogP contribution in [0.1, 0.15) is 111 Å². The molecule has 146 valence electrons. The van der Waals surface area contributed by atoms with Crippen molar-refractivity contribution in [1.29, 1.82) is 0 Å². The van der Waals surface area contributed by atoms with Crippen LogP contribution in [0.15, 0.2) is 24.3 Å². The fourth-order valence-electron chi connectivity index (χ4n) is 4.88. The van der Waals surface area contributed by atoms with Gasteiger partial charge in [-0.25, -0.2) is 0 Å². The van der Waals surface area contributed by atoms with Crippen molar-refractivity contribution in [2.45, 2.75) is 117 Å². The van der Waals surface area contributed by atoms with Crippen LogP contribution >= 0.6 is 0 Å². The highest BCUT2D eigenvalue weighted by Gasteiger charge is 2.48. The van der Waals surface area contributed by atoms with E-state index < -0.39 is 0 Å². The Morgan fingerprint density at radius 2 is 1.48 bits per heavy atom. The van der Waals surface area contributed by atoms with Crippen molar-refractivity contribution in [3.63, 3.8) is 0 Å². The molecule has 0 radical (unpaired) electrons. The van der Waals surface area contributed by atoms with Gasteiger partial charge in [0, 0.05) is 11.0 Å². The minimum atomic E-state index is -0.0513. The molecule has 2 atom stereocenters. The highest BCUT2D eigenvalue weighted by Crippen LogP contribution is 2.50. The molecule has 25 heavy (non-hydrogen) atoms. The highest BCUT2D eigenvalue weighted by molar-refractivity contribution is 5.24. The summed E-state index contributed by atoms with van der Waals surface area (Å²) in [5.41, 5.74) is 7.42. The number of hydrogen-bond acceptors (Lipinski definition) is 1. The first-order valence-corrected chi connectivity index (χ1v) is 11.2. The fraction of sp³-hybridized carbons (Fsp3) is 0.833. The van der Waals surface area contributed by atoms with Crippen LogP contribution in [0.4, 0.5) is 0 Å². The summed E-state index contributed by atoms with van der Waals surface area (Å²) < 4.78 is 0. The second-order valence-electron chi connectivity index (χ2n) is 8.50. The minimum absolute atomic E-state index is 0.0513. The van der Waals surface area contributed by atoms with Gasteiger partial charge in [-0.2, -0.15) is 0 Å². The average Bonchev–Trinajstić information content (AvgIpc) is 2.63. The second-order valence-corrected chi connectivity index (χ2v) is 8.50. The lowest BCUT2D eigenvalue weighted by molar-refractivity contribution is 0.0783. The molecule has 0 bridgehead atoms. The first kappa shape index (κ1) is 22.5. The molecule has 0 spiro atoms. The molecule has 0 aromatic heterocycles. The summed E-state index contributed by atoms with van der Waals surface area (Å²) in [5, 5.41) is 0. The summed E-state index contributed by atoms with van der Waals surface area (Å²) in [6.07, 6.45) is 25.9. The molecule has 0 aromatic rings. The molecule has 1 rings (SSSR count). The summed E-state index contributed by atoms with van der Waals surface area (Å²) in [4.78, 5) is 0. The first-order valence-electron chi connectivity index (χ1n) is 11.2. The highest BCUT2D eigenvalue weighted by atomic mass is 14.8. The van der Waals surface area contributed by atoms with Gasteiger partial charge in [0.15, 0.2) is 0 Å². The maximum absolute atomic E-state index is 7.32. The molecule has 0 amide bonds. The Kier molecular flexibility index (Phi) is 10.7. The molecule has 2 N–H and O–H groups in total. The van der Waals surface area contributed by atoms with Gasteiger partial charge in [0.05, 0.1) is 0 Å². The maximum Gasteiger partial charge on any atom is 0.0252 e. The molecule has 0 heterocycles. The standard InChI is InChI=1S/C24H45N/c1-5-8-10-15-20-24(25,21-16-11-9-6-2)23(22(4)17-7-3)18-13-12-14-19-23/h12-14,18,22H,5-11,15-17,19-21,25H2,1-4H3. The molecule has 1 heteroatoms. The molecule has 0 aliphatic heterocycles. The van der Waals surface area contributed by atoms with Gasteiger partial charge in [-0.1, -0.05) is 116 Å². The Morgan fingerprint density at radius 3 is 1.92 bits per heavy atom. The molecule has 1 aliphatic rings. The summed E-state index contributed by atoms with van der Waals surface area (Å²) in [5.74, 6) is 0.654. The molecule has 1 nitrogen and oxygen atoms in total. The van der Waals surface area contributed by atoms with Gasteiger partial charge in [0.1, 0.15) is 0 Å². The number of rotatable bonds is 14. The normalized spacial score (nSPS) is 21.6. The van der Waals surface area contributed by atoms with Crippen LogP contribution < -0.4 is 5.73 Å². The minimum Gasteiger partial charge on any atom is -0.324 e. The van der Waals surface area contributed by atoms with Crippen LogP contribution in [0.3, 0.4) is 0 Å². The SMILES string of the molecule is CCCCCCC(N)(CCCCCC)C1(C(C)CCC)C=CC=CC1. The van der Waals surface area contributed by atoms with E-state index in [1.807, 2.05) is 0 Å². The van der Waals surface area contributed by atoms with Crippen molar-refractivity contribution in [3.05, 3.63) is 24.3 Å². The quantitative estimate of drug-likeness (QED) is 0.322. The monoisotopic (exact) mass is 347 g/mol. The van der Waals surface area contributed by atoms with Gasteiger partial charge in [-0.15, -0.1) is 0 Å². The van der Waals surface area contributed by atoms with Gasteiger partial charge in [0.2, 0.25) is 0 Å². The smallest absolute Gasteiger partial charge is 0.0252 e. The zero-order chi connectivity index (χ0) is 18.6. The lowest BCUT2D eigenvalue weighted by Crippen LogP contribution is -2.57. The van der Waals surface area contributed by atoms with E-state index >= 15 is 0 Å². The van der Waals surface area contributed by atoms with Crippen LogP contribution in [0.25, 0.3) is 0 Å². The zero-order valence-electron chi connectivity index (χ0n) is 17.7. The third-order valence-electron chi connectivity index (χ3n) is 6.58. The Hall–Kier alpha value is -0.560. The Morgan fingerprint density at radius 1 is 0.880 bits per heavy atom. The first-order chi connectivity index (χ1) is 12.1. The van der Waals surface area contributed by atoms with Crippen LogP contribution in [-0.2, 0) is 0 Å². The number of allylic oxidation sites excluding steroid dienone is 3. The molecular formula is C24H45N. The van der Waals surface area contributed by atoms with E-state index in [0.29, 0.717) is 5.92 Å². The van der Waals surface area contributed by atoms with Gasteiger partial charge < -0.3 is 5.73 Å². The van der Waals surface area contributed by atoms with Gasteiger partial charge in [0.25, 0.3) is 0 Å². The third-order valence-corrected chi connectivity index (χ3v) is 6.58. The topological polar surface area (TPSA) is 26.0 Å². The number of unbranched alkanes of at least 4 members (excludes halogenated alkanes) is 6. The summed E-state index contributed by atoms with van der Waals surface area (Å²) in [7, 11) is 0. The molecule has 1 aliphatic carbocycles. The largest absolute Gasteiger partial charge is 0.324 e. The van der Waals surface area contributed by atoms with E-state index in [0.717, 1.165) is 6.42 Å². The van der Waals surface area contributed by atoms with Crippen molar-refractivity contribution in [2.24, 2.45) is 17.1 Å². The molecule has 0 fully saturated rings. The van der Waals surface area contributed by atoms with Crippen molar-refractivity contribution >= 4 is 0 Å². The van der Waals surface area contributed by atoms with E-state index in [4.69, 9.17) is 5.73 Å². The van der Waals surface area contributed by atoms with Crippen LogP contribution in [0, 0.1) is 11.3 Å². The number of nitrogens with two attached hydrogens (primary N) is 1. The van der Waals surface area contributed by atoms with E-state index in [-0.39, 0.29) is 11.0 Å².